The van der Waals surface area contributed by atoms with Crippen LogP contribution in [-0.4, -0.2) is 38.9 Å². The van der Waals surface area contributed by atoms with Crippen molar-refractivity contribution in [2.45, 2.75) is 43.5 Å². The highest BCUT2D eigenvalue weighted by atomic mass is 32.2. The summed E-state index contributed by atoms with van der Waals surface area (Å²) in [5.74, 6) is 0.568. The van der Waals surface area contributed by atoms with E-state index in [-0.39, 0.29) is 18.5 Å². The molecular weight excluding hydrogens is 348 g/mol. The lowest BCUT2D eigenvalue weighted by atomic mass is 9.87. The van der Waals surface area contributed by atoms with E-state index in [1.165, 1.54) is 4.31 Å². The molecule has 6 heteroatoms. The van der Waals surface area contributed by atoms with Crippen LogP contribution in [0.3, 0.4) is 0 Å². The molecular formula is C20H24N2O3S. The van der Waals surface area contributed by atoms with Crippen LogP contribution >= 0.6 is 0 Å². The SMILES string of the molecule is CC1CCC(N(C)C(=O)CN2c3cccc4cccc(c34)S2(=O)=O)CC1. The summed E-state index contributed by atoms with van der Waals surface area (Å²) in [5, 5.41) is 1.60. The van der Waals surface area contributed by atoms with Crippen LogP contribution in [0.15, 0.2) is 41.3 Å². The number of amides is 1. The number of anilines is 1. The Hall–Kier alpha value is -2.08. The van der Waals surface area contributed by atoms with E-state index < -0.39 is 10.0 Å². The molecule has 1 aliphatic carbocycles. The maximum atomic E-state index is 13.0. The number of carbonyl (C=O) groups is 1. The third kappa shape index (κ3) is 2.67. The Morgan fingerprint density at radius 2 is 1.77 bits per heavy atom. The molecule has 138 valence electrons. The molecule has 0 radical (unpaired) electrons. The first-order valence-corrected chi connectivity index (χ1v) is 10.6. The number of likely N-dealkylation sites (N-methyl/N-ethyl adjacent to an activating group) is 1. The third-order valence-corrected chi connectivity index (χ3v) is 7.69. The monoisotopic (exact) mass is 372 g/mol. The van der Waals surface area contributed by atoms with Gasteiger partial charge in [-0.3, -0.25) is 9.10 Å². The van der Waals surface area contributed by atoms with E-state index in [0.29, 0.717) is 16.5 Å². The number of rotatable bonds is 3. The van der Waals surface area contributed by atoms with Crippen LogP contribution in [0.1, 0.15) is 32.6 Å². The number of sulfonamides is 1. The quantitative estimate of drug-likeness (QED) is 0.830. The van der Waals surface area contributed by atoms with Gasteiger partial charge in [-0.1, -0.05) is 31.2 Å². The normalized spacial score (nSPS) is 24.0. The number of carbonyl (C=O) groups excluding carboxylic acids is 1. The van der Waals surface area contributed by atoms with Crippen molar-refractivity contribution in [3.63, 3.8) is 0 Å². The van der Waals surface area contributed by atoms with Crippen molar-refractivity contribution in [1.29, 1.82) is 0 Å². The van der Waals surface area contributed by atoms with Crippen molar-refractivity contribution in [3.8, 4) is 0 Å². The van der Waals surface area contributed by atoms with Gasteiger partial charge in [0.2, 0.25) is 5.91 Å². The number of hydrogen-bond donors (Lipinski definition) is 0. The highest BCUT2D eigenvalue weighted by Crippen LogP contribution is 2.41. The smallest absolute Gasteiger partial charge is 0.265 e. The summed E-state index contributed by atoms with van der Waals surface area (Å²) >= 11 is 0. The van der Waals surface area contributed by atoms with E-state index in [0.717, 1.165) is 36.5 Å². The van der Waals surface area contributed by atoms with Gasteiger partial charge in [0.1, 0.15) is 6.54 Å². The predicted molar refractivity (Wildman–Crippen MR) is 103 cm³/mol. The van der Waals surface area contributed by atoms with Crippen LogP contribution in [0.25, 0.3) is 10.8 Å². The molecule has 0 atom stereocenters. The second-order valence-electron chi connectivity index (χ2n) is 7.56. The molecule has 4 rings (SSSR count). The molecule has 1 saturated carbocycles. The zero-order valence-corrected chi connectivity index (χ0v) is 16.0. The van der Waals surface area contributed by atoms with Crippen molar-refractivity contribution in [2.24, 2.45) is 5.92 Å². The molecule has 0 bridgehead atoms. The van der Waals surface area contributed by atoms with E-state index >= 15 is 0 Å². The number of nitrogens with zero attached hydrogens (tertiary/aromatic N) is 2. The lowest BCUT2D eigenvalue weighted by Gasteiger charge is -2.34. The highest BCUT2D eigenvalue weighted by Gasteiger charge is 2.37. The van der Waals surface area contributed by atoms with Gasteiger partial charge in [0.15, 0.2) is 0 Å². The Kier molecular flexibility index (Phi) is 4.18. The van der Waals surface area contributed by atoms with Gasteiger partial charge >= 0.3 is 0 Å². The Labute approximate surface area is 154 Å². The van der Waals surface area contributed by atoms with Gasteiger partial charge in [-0.15, -0.1) is 0 Å². The van der Waals surface area contributed by atoms with Crippen LogP contribution in [-0.2, 0) is 14.8 Å². The van der Waals surface area contributed by atoms with Gasteiger partial charge in [-0.2, -0.15) is 0 Å². The zero-order valence-electron chi connectivity index (χ0n) is 15.2. The molecule has 2 aliphatic rings. The maximum Gasteiger partial charge on any atom is 0.265 e. The fourth-order valence-electron chi connectivity index (χ4n) is 4.20. The third-order valence-electron chi connectivity index (χ3n) is 5.89. The number of benzene rings is 2. The molecule has 1 amide bonds. The van der Waals surface area contributed by atoms with Gasteiger partial charge in [0, 0.05) is 18.5 Å². The molecule has 2 aromatic rings. The van der Waals surface area contributed by atoms with Crippen molar-refractivity contribution >= 4 is 32.4 Å². The van der Waals surface area contributed by atoms with Crippen LogP contribution in [0.4, 0.5) is 5.69 Å². The summed E-state index contributed by atoms with van der Waals surface area (Å²) in [4.78, 5) is 14.9. The van der Waals surface area contributed by atoms with Gasteiger partial charge in [0.25, 0.3) is 10.0 Å². The predicted octanol–water partition coefficient (Wildman–Crippen LogP) is 3.39. The summed E-state index contributed by atoms with van der Waals surface area (Å²) in [6.07, 6.45) is 4.22. The fraction of sp³-hybridized carbons (Fsp3) is 0.450. The first kappa shape index (κ1) is 17.3. The Morgan fingerprint density at radius 3 is 2.46 bits per heavy atom. The van der Waals surface area contributed by atoms with Crippen molar-refractivity contribution in [2.75, 3.05) is 17.9 Å². The first-order valence-electron chi connectivity index (χ1n) is 9.19. The lowest BCUT2D eigenvalue weighted by Crippen LogP contribution is -2.45. The highest BCUT2D eigenvalue weighted by molar-refractivity contribution is 7.93. The van der Waals surface area contributed by atoms with Gasteiger partial charge < -0.3 is 4.90 Å². The van der Waals surface area contributed by atoms with Crippen LogP contribution in [0, 0.1) is 5.92 Å². The molecule has 0 unspecified atom stereocenters. The van der Waals surface area contributed by atoms with Crippen LogP contribution in [0.5, 0.6) is 0 Å². The summed E-state index contributed by atoms with van der Waals surface area (Å²) < 4.78 is 27.3. The van der Waals surface area contributed by atoms with Gasteiger partial charge in [0.05, 0.1) is 10.6 Å². The lowest BCUT2D eigenvalue weighted by molar-refractivity contribution is -0.131. The molecule has 2 aromatic carbocycles. The summed E-state index contributed by atoms with van der Waals surface area (Å²) in [5.41, 5.74) is 0.608. The van der Waals surface area contributed by atoms with Crippen molar-refractivity contribution < 1.29 is 13.2 Å². The minimum absolute atomic E-state index is 0.140. The summed E-state index contributed by atoms with van der Waals surface area (Å²) in [6, 6.07) is 11.0. The average molecular weight is 372 g/mol. The van der Waals surface area contributed by atoms with Crippen molar-refractivity contribution in [1.82, 2.24) is 4.90 Å². The Morgan fingerprint density at radius 1 is 1.12 bits per heavy atom. The van der Waals surface area contributed by atoms with E-state index in [4.69, 9.17) is 0 Å². The molecule has 0 saturated heterocycles. The molecule has 1 aliphatic heterocycles. The summed E-state index contributed by atoms with van der Waals surface area (Å²) in [6.45, 7) is 2.10. The standard InChI is InChI=1S/C20H24N2O3S/c1-14-9-11-16(12-10-14)21(2)19(23)13-22-17-7-3-5-15-6-4-8-18(20(15)17)26(22,24)25/h3-8,14,16H,9-13H2,1-2H3. The molecule has 1 fully saturated rings. The Balaban J connectivity index is 1.61. The van der Waals surface area contributed by atoms with Crippen LogP contribution in [0.2, 0.25) is 0 Å². The molecule has 0 spiro atoms. The van der Waals surface area contributed by atoms with E-state index in [9.17, 15) is 13.2 Å². The zero-order chi connectivity index (χ0) is 18.5. The molecule has 1 heterocycles. The molecule has 0 aromatic heterocycles. The second kappa shape index (κ2) is 6.27. The van der Waals surface area contributed by atoms with Gasteiger partial charge in [-0.05, 0) is 49.1 Å². The largest absolute Gasteiger partial charge is 0.341 e. The molecule has 5 nitrogen and oxygen atoms in total. The maximum absolute atomic E-state index is 13.0. The van der Waals surface area contributed by atoms with E-state index in [2.05, 4.69) is 6.92 Å². The minimum Gasteiger partial charge on any atom is -0.341 e. The van der Waals surface area contributed by atoms with Crippen molar-refractivity contribution in [3.05, 3.63) is 36.4 Å². The van der Waals surface area contributed by atoms with E-state index in [1.54, 1.807) is 30.1 Å². The second-order valence-corrected chi connectivity index (χ2v) is 9.39. The van der Waals surface area contributed by atoms with Crippen LogP contribution < -0.4 is 4.31 Å². The van der Waals surface area contributed by atoms with E-state index in [1.807, 2.05) is 18.2 Å². The molecule has 26 heavy (non-hydrogen) atoms. The molecule has 0 N–H and O–H groups in total. The first-order chi connectivity index (χ1) is 12.4. The average Bonchev–Trinajstić information content (AvgIpc) is 2.85. The summed E-state index contributed by atoms with van der Waals surface area (Å²) in [7, 11) is -1.88. The van der Waals surface area contributed by atoms with Gasteiger partial charge in [-0.25, -0.2) is 8.42 Å². The number of hydrogen-bond acceptors (Lipinski definition) is 3. The fourth-order valence-corrected chi connectivity index (χ4v) is 5.86. The topological polar surface area (TPSA) is 57.7 Å². The minimum atomic E-state index is -3.68. The Bertz CT molecular complexity index is 957.